The maximum atomic E-state index is 12.9. The summed E-state index contributed by atoms with van der Waals surface area (Å²) < 4.78 is 10.4. The molecule has 1 N–H and O–H groups in total. The quantitative estimate of drug-likeness (QED) is 0.798. The summed E-state index contributed by atoms with van der Waals surface area (Å²) in [6.07, 6.45) is 4.19. The van der Waals surface area contributed by atoms with Crippen LogP contribution in [0.3, 0.4) is 0 Å². The van der Waals surface area contributed by atoms with Crippen LogP contribution in [0.5, 0.6) is 11.5 Å². The number of urea groups is 1. The first-order valence-corrected chi connectivity index (χ1v) is 9.04. The van der Waals surface area contributed by atoms with E-state index in [0.29, 0.717) is 30.0 Å². The average Bonchev–Trinajstić information content (AvgIpc) is 2.85. The summed E-state index contributed by atoms with van der Waals surface area (Å²) in [7, 11) is 4.67. The van der Waals surface area contributed by atoms with Gasteiger partial charge in [0.15, 0.2) is 0 Å². The van der Waals surface area contributed by atoms with Crippen LogP contribution in [-0.4, -0.2) is 61.0 Å². The Labute approximate surface area is 158 Å². The van der Waals surface area contributed by atoms with Crippen LogP contribution in [0.15, 0.2) is 18.2 Å². The normalized spacial score (nSPS) is 18.8. The molecule has 146 valence electrons. The van der Waals surface area contributed by atoms with Gasteiger partial charge in [-0.25, -0.2) is 4.79 Å². The lowest BCUT2D eigenvalue weighted by Gasteiger charge is -2.35. The fraction of sp³-hybridized carbons (Fsp3) is 0.526. The summed E-state index contributed by atoms with van der Waals surface area (Å²) in [6, 6.07) is 4.57. The largest absolute Gasteiger partial charge is 0.497 e. The lowest BCUT2D eigenvalue weighted by molar-refractivity contribution is -0.136. The lowest BCUT2D eigenvalue weighted by Crippen LogP contribution is -2.49. The molecule has 0 radical (unpaired) electrons. The Bertz CT molecular complexity index is 758. The van der Waals surface area contributed by atoms with Crippen molar-refractivity contribution >= 4 is 23.5 Å². The van der Waals surface area contributed by atoms with Crippen molar-refractivity contribution in [1.29, 1.82) is 0 Å². The molecule has 0 aromatic heterocycles. The molecule has 0 atom stereocenters. The number of imide groups is 1. The van der Waals surface area contributed by atoms with Crippen molar-refractivity contribution in [2.75, 3.05) is 33.1 Å². The Morgan fingerprint density at radius 3 is 2.48 bits per heavy atom. The second-order valence-corrected chi connectivity index (χ2v) is 6.94. The molecule has 3 rings (SSSR count). The fourth-order valence-corrected chi connectivity index (χ4v) is 3.91. The smallest absolute Gasteiger partial charge is 0.327 e. The second kappa shape index (κ2) is 7.46. The van der Waals surface area contributed by atoms with E-state index in [-0.39, 0.29) is 12.5 Å². The zero-order valence-electron chi connectivity index (χ0n) is 15.9. The van der Waals surface area contributed by atoms with E-state index in [1.165, 1.54) is 19.1 Å². The Kier molecular flexibility index (Phi) is 5.25. The van der Waals surface area contributed by atoms with Crippen LogP contribution in [0.4, 0.5) is 10.5 Å². The van der Waals surface area contributed by atoms with Crippen LogP contribution >= 0.6 is 0 Å². The molecule has 1 aromatic rings. The van der Waals surface area contributed by atoms with Crippen molar-refractivity contribution in [3.05, 3.63) is 18.2 Å². The van der Waals surface area contributed by atoms with Crippen LogP contribution in [0.2, 0.25) is 0 Å². The van der Waals surface area contributed by atoms with Gasteiger partial charge in [-0.1, -0.05) is 19.3 Å². The number of likely N-dealkylation sites (N-methyl/N-ethyl adjacent to an activating group) is 1. The third-order valence-electron chi connectivity index (χ3n) is 5.47. The number of carbonyl (C=O) groups excluding carboxylic acids is 3. The van der Waals surface area contributed by atoms with Crippen molar-refractivity contribution in [3.63, 3.8) is 0 Å². The molecule has 2 aliphatic rings. The first kappa shape index (κ1) is 19.0. The Hall–Kier alpha value is -2.77. The fourth-order valence-electron chi connectivity index (χ4n) is 3.91. The van der Waals surface area contributed by atoms with Gasteiger partial charge in [0, 0.05) is 13.1 Å². The van der Waals surface area contributed by atoms with Gasteiger partial charge >= 0.3 is 6.03 Å². The van der Waals surface area contributed by atoms with Crippen molar-refractivity contribution < 1.29 is 23.9 Å². The summed E-state index contributed by atoms with van der Waals surface area (Å²) in [4.78, 5) is 40.6. The molecule has 1 spiro atoms. The molecule has 1 heterocycles. The lowest BCUT2D eigenvalue weighted by atomic mass is 9.81. The van der Waals surface area contributed by atoms with Gasteiger partial charge in [-0.3, -0.25) is 14.5 Å². The highest BCUT2D eigenvalue weighted by molar-refractivity contribution is 6.10. The molecule has 8 heteroatoms. The minimum absolute atomic E-state index is 0.272. The third-order valence-corrected chi connectivity index (χ3v) is 5.47. The number of hydrogen-bond donors (Lipinski definition) is 1. The van der Waals surface area contributed by atoms with Gasteiger partial charge in [-0.15, -0.1) is 0 Å². The van der Waals surface area contributed by atoms with Gasteiger partial charge < -0.3 is 19.7 Å². The number of carbonyl (C=O) groups is 3. The number of benzene rings is 1. The molecule has 27 heavy (non-hydrogen) atoms. The van der Waals surface area contributed by atoms with E-state index in [2.05, 4.69) is 5.32 Å². The average molecular weight is 375 g/mol. The first-order chi connectivity index (χ1) is 12.9. The summed E-state index contributed by atoms with van der Waals surface area (Å²) in [6.45, 7) is -0.320. The summed E-state index contributed by atoms with van der Waals surface area (Å²) in [5.74, 6) is 0.297. The number of methoxy groups -OCH3 is 2. The SMILES string of the molecule is COc1ccc(NC(=O)CN2C(=O)N(C)C3(CCCCC3)C2=O)c(OC)c1. The summed E-state index contributed by atoms with van der Waals surface area (Å²) in [5.41, 5.74) is -0.337. The predicted octanol–water partition coefficient (Wildman–Crippen LogP) is 2.24. The van der Waals surface area contributed by atoms with Crippen molar-refractivity contribution in [3.8, 4) is 11.5 Å². The number of amides is 4. The van der Waals surface area contributed by atoms with Crippen molar-refractivity contribution in [2.45, 2.75) is 37.6 Å². The highest BCUT2D eigenvalue weighted by Gasteiger charge is 2.55. The maximum absolute atomic E-state index is 12.9. The van der Waals surface area contributed by atoms with E-state index in [1.54, 1.807) is 25.2 Å². The molecule has 1 saturated carbocycles. The molecular formula is C19H25N3O5. The van der Waals surface area contributed by atoms with E-state index in [1.807, 2.05) is 0 Å². The topological polar surface area (TPSA) is 88.2 Å². The number of ether oxygens (including phenoxy) is 2. The molecule has 4 amide bonds. The van der Waals surface area contributed by atoms with Gasteiger partial charge in [0.1, 0.15) is 23.6 Å². The zero-order valence-corrected chi connectivity index (χ0v) is 15.9. The van der Waals surface area contributed by atoms with Crippen LogP contribution in [-0.2, 0) is 9.59 Å². The second-order valence-electron chi connectivity index (χ2n) is 6.94. The monoisotopic (exact) mass is 375 g/mol. The summed E-state index contributed by atoms with van der Waals surface area (Å²) in [5, 5.41) is 2.70. The molecule has 1 aliphatic heterocycles. The maximum Gasteiger partial charge on any atom is 0.327 e. The van der Waals surface area contributed by atoms with Crippen molar-refractivity contribution in [1.82, 2.24) is 9.80 Å². The van der Waals surface area contributed by atoms with Crippen molar-refractivity contribution in [2.24, 2.45) is 0 Å². The zero-order chi connectivity index (χ0) is 19.6. The number of nitrogens with zero attached hydrogens (tertiary/aromatic N) is 2. The Morgan fingerprint density at radius 1 is 1.15 bits per heavy atom. The molecule has 8 nitrogen and oxygen atoms in total. The Morgan fingerprint density at radius 2 is 1.85 bits per heavy atom. The minimum atomic E-state index is -0.784. The van der Waals surface area contributed by atoms with Gasteiger partial charge in [-0.05, 0) is 25.0 Å². The van der Waals surface area contributed by atoms with Gasteiger partial charge in [-0.2, -0.15) is 0 Å². The Balaban J connectivity index is 1.73. The number of nitrogens with one attached hydrogen (secondary N) is 1. The molecule has 1 aromatic carbocycles. The highest BCUT2D eigenvalue weighted by atomic mass is 16.5. The van der Waals surface area contributed by atoms with Crippen LogP contribution in [0.1, 0.15) is 32.1 Å². The van der Waals surface area contributed by atoms with E-state index in [0.717, 1.165) is 24.2 Å². The summed E-state index contributed by atoms with van der Waals surface area (Å²) >= 11 is 0. The highest BCUT2D eigenvalue weighted by Crippen LogP contribution is 2.39. The molecule has 1 saturated heterocycles. The van der Waals surface area contributed by atoms with E-state index in [9.17, 15) is 14.4 Å². The molecular weight excluding hydrogens is 350 g/mol. The number of rotatable bonds is 5. The van der Waals surface area contributed by atoms with Crippen LogP contribution in [0.25, 0.3) is 0 Å². The third kappa shape index (κ3) is 3.31. The molecule has 0 bridgehead atoms. The van der Waals surface area contributed by atoms with Gasteiger partial charge in [0.05, 0.1) is 19.9 Å². The van der Waals surface area contributed by atoms with Gasteiger partial charge in [0.2, 0.25) is 5.91 Å². The van der Waals surface area contributed by atoms with Crippen LogP contribution < -0.4 is 14.8 Å². The first-order valence-electron chi connectivity index (χ1n) is 9.04. The van der Waals surface area contributed by atoms with E-state index in [4.69, 9.17) is 9.47 Å². The molecule has 2 fully saturated rings. The molecule has 1 aliphatic carbocycles. The standard InChI is InChI=1S/C19H25N3O5/c1-21-18(25)22(17(24)19(21)9-5-4-6-10-19)12-16(23)20-14-8-7-13(26-2)11-15(14)27-3/h7-8,11H,4-6,9-10,12H2,1-3H3,(H,20,23). The number of hydrogen-bond acceptors (Lipinski definition) is 5. The predicted molar refractivity (Wildman–Crippen MR) is 98.9 cm³/mol. The van der Waals surface area contributed by atoms with E-state index < -0.39 is 17.5 Å². The number of anilines is 1. The van der Waals surface area contributed by atoms with E-state index >= 15 is 0 Å². The minimum Gasteiger partial charge on any atom is -0.497 e. The molecule has 0 unspecified atom stereocenters. The van der Waals surface area contributed by atoms with Gasteiger partial charge in [0.25, 0.3) is 5.91 Å². The van der Waals surface area contributed by atoms with Crippen LogP contribution in [0, 0.1) is 0 Å².